The Morgan fingerprint density at radius 3 is 2.00 bits per heavy atom. The van der Waals surface area contributed by atoms with Crippen molar-refractivity contribution in [1.29, 1.82) is 0 Å². The Balaban J connectivity index is 1.34. The third-order valence-electron chi connectivity index (χ3n) is 5.36. The molecule has 2 aliphatic rings. The van der Waals surface area contributed by atoms with Crippen LogP contribution in [-0.4, -0.2) is 14.2 Å². The minimum atomic E-state index is -0.380. The molecule has 1 saturated carbocycles. The zero-order valence-electron chi connectivity index (χ0n) is 13.6. The summed E-state index contributed by atoms with van der Waals surface area (Å²) in [5, 5.41) is 0. The largest absolute Gasteiger partial charge is 0.107 e. The molecule has 0 aromatic carbocycles. The van der Waals surface area contributed by atoms with Gasteiger partial charge in [-0.1, -0.05) is 63.5 Å². The Labute approximate surface area is 144 Å². The zero-order chi connectivity index (χ0) is 15.1. The summed E-state index contributed by atoms with van der Waals surface area (Å²) in [6.07, 6.45) is 21.4. The fourth-order valence-corrected chi connectivity index (χ4v) is 4.75. The molecule has 0 heterocycles. The van der Waals surface area contributed by atoms with Gasteiger partial charge in [-0.3, -0.25) is 0 Å². The number of unbranched alkanes of at least 4 members (excludes halogenated alkanes) is 7. The van der Waals surface area contributed by atoms with Gasteiger partial charge in [0, 0.05) is 10.2 Å². The quantitative estimate of drug-likeness (QED) is 0.198. The summed E-state index contributed by atoms with van der Waals surface area (Å²) < 4.78 is -0.380. The Kier molecular flexibility index (Phi) is 7.65. The summed E-state index contributed by atoms with van der Waals surface area (Å²) in [7, 11) is 0.880. The molecule has 3 atom stereocenters. The van der Waals surface area contributed by atoms with E-state index in [9.17, 15) is 0 Å². The number of hydrogen-bond acceptors (Lipinski definition) is 0. The SMILES string of the molecule is [SiH3]C(Cl)(Cl)CCCCCCCCCCC1CC2C=CC1C2. The van der Waals surface area contributed by atoms with Crippen LogP contribution in [0.4, 0.5) is 0 Å². The third-order valence-corrected chi connectivity index (χ3v) is 6.24. The highest BCUT2D eigenvalue weighted by Crippen LogP contribution is 2.45. The molecule has 3 heteroatoms. The minimum absolute atomic E-state index is 0.380. The van der Waals surface area contributed by atoms with E-state index in [1.807, 2.05) is 0 Å². The molecule has 0 radical (unpaired) electrons. The van der Waals surface area contributed by atoms with Crippen LogP contribution in [0.25, 0.3) is 0 Å². The lowest BCUT2D eigenvalue weighted by molar-refractivity contribution is 0.393. The average Bonchev–Trinajstić information content (AvgIpc) is 3.02. The van der Waals surface area contributed by atoms with Gasteiger partial charge in [0.05, 0.1) is 3.96 Å². The van der Waals surface area contributed by atoms with E-state index in [-0.39, 0.29) is 3.96 Å². The fourth-order valence-electron chi connectivity index (χ4n) is 4.13. The second-order valence-corrected chi connectivity index (χ2v) is 12.3. The molecule has 2 rings (SSSR count). The van der Waals surface area contributed by atoms with Gasteiger partial charge in [-0.2, -0.15) is 0 Å². The van der Waals surface area contributed by atoms with Gasteiger partial charge in [-0.05, 0) is 43.4 Å². The van der Waals surface area contributed by atoms with Crippen molar-refractivity contribution in [1.82, 2.24) is 0 Å². The number of hydrogen-bond donors (Lipinski definition) is 0. The molecule has 21 heavy (non-hydrogen) atoms. The molecule has 3 unspecified atom stereocenters. The molecule has 0 aromatic heterocycles. The van der Waals surface area contributed by atoms with Gasteiger partial charge in [0.2, 0.25) is 0 Å². The van der Waals surface area contributed by atoms with E-state index in [1.165, 1.54) is 70.6 Å². The standard InChI is InChI=1S/C18H32Cl2Si/c19-18(20,21)12-8-6-4-2-1-3-5-7-9-16-13-15-10-11-17(16)14-15/h10-11,15-17H,1-9,12-14H2,21H3. The van der Waals surface area contributed by atoms with Crippen molar-refractivity contribution in [3.05, 3.63) is 12.2 Å². The van der Waals surface area contributed by atoms with Crippen molar-refractivity contribution >= 4 is 33.4 Å². The molecule has 0 nitrogen and oxygen atoms in total. The van der Waals surface area contributed by atoms with Crippen LogP contribution < -0.4 is 0 Å². The number of allylic oxidation sites excluding steroid dienone is 2. The van der Waals surface area contributed by atoms with E-state index in [2.05, 4.69) is 12.2 Å². The molecule has 0 amide bonds. The summed E-state index contributed by atoms with van der Waals surface area (Å²) in [4.78, 5) is 0. The minimum Gasteiger partial charge on any atom is -0.107 e. The van der Waals surface area contributed by atoms with Gasteiger partial charge in [-0.15, -0.1) is 23.2 Å². The number of alkyl halides is 2. The summed E-state index contributed by atoms with van der Waals surface area (Å²) in [6, 6.07) is 0. The number of rotatable bonds is 11. The predicted octanol–water partition coefficient (Wildman–Crippen LogP) is 5.60. The van der Waals surface area contributed by atoms with E-state index in [0.717, 1.165) is 34.4 Å². The highest BCUT2D eigenvalue weighted by Gasteiger charge is 2.34. The molecule has 122 valence electrons. The summed E-state index contributed by atoms with van der Waals surface area (Å²) in [5.41, 5.74) is 0. The molecule has 0 N–H and O–H groups in total. The highest BCUT2D eigenvalue weighted by molar-refractivity contribution is 6.65. The molecule has 1 fully saturated rings. The van der Waals surface area contributed by atoms with Gasteiger partial charge >= 0.3 is 0 Å². The Morgan fingerprint density at radius 2 is 1.48 bits per heavy atom. The van der Waals surface area contributed by atoms with Crippen molar-refractivity contribution in [3.63, 3.8) is 0 Å². The lowest BCUT2D eigenvalue weighted by Crippen LogP contribution is -2.11. The second kappa shape index (κ2) is 8.98. The van der Waals surface area contributed by atoms with Crippen LogP contribution >= 0.6 is 23.2 Å². The van der Waals surface area contributed by atoms with Crippen LogP contribution in [-0.2, 0) is 0 Å². The average molecular weight is 347 g/mol. The van der Waals surface area contributed by atoms with Gasteiger partial charge in [0.15, 0.2) is 0 Å². The van der Waals surface area contributed by atoms with E-state index < -0.39 is 0 Å². The lowest BCUT2D eigenvalue weighted by atomic mass is 9.88. The molecule has 2 aliphatic carbocycles. The molecule has 2 bridgehead atoms. The van der Waals surface area contributed by atoms with Crippen molar-refractivity contribution in [2.45, 2.75) is 81.0 Å². The smallest absolute Gasteiger partial charge is 0.0972 e. The normalized spacial score (nSPS) is 27.8. The van der Waals surface area contributed by atoms with Gasteiger partial charge in [0.25, 0.3) is 0 Å². The summed E-state index contributed by atoms with van der Waals surface area (Å²) >= 11 is 12.1. The predicted molar refractivity (Wildman–Crippen MR) is 99.4 cm³/mol. The first-order valence-electron chi connectivity index (χ1n) is 9.11. The maximum atomic E-state index is 6.03. The Morgan fingerprint density at radius 1 is 0.857 bits per heavy atom. The first-order valence-corrected chi connectivity index (χ1v) is 10.9. The van der Waals surface area contributed by atoms with Crippen LogP contribution in [0.2, 0.25) is 0 Å². The topological polar surface area (TPSA) is 0 Å². The van der Waals surface area contributed by atoms with E-state index in [0.29, 0.717) is 0 Å². The Hall–Kier alpha value is 0.537. The van der Waals surface area contributed by atoms with E-state index >= 15 is 0 Å². The second-order valence-electron chi connectivity index (χ2n) is 7.48. The van der Waals surface area contributed by atoms with Gasteiger partial charge in [0.1, 0.15) is 0 Å². The summed E-state index contributed by atoms with van der Waals surface area (Å²) in [5.74, 6) is 2.93. The maximum absolute atomic E-state index is 6.03. The Bertz CT molecular complexity index is 322. The van der Waals surface area contributed by atoms with Crippen LogP contribution in [0.3, 0.4) is 0 Å². The molecule has 0 aromatic rings. The molecule has 0 spiro atoms. The van der Waals surface area contributed by atoms with Crippen molar-refractivity contribution < 1.29 is 0 Å². The number of halogens is 2. The highest BCUT2D eigenvalue weighted by atomic mass is 35.5. The van der Waals surface area contributed by atoms with Crippen molar-refractivity contribution in [2.24, 2.45) is 17.8 Å². The van der Waals surface area contributed by atoms with Crippen LogP contribution in [0.15, 0.2) is 12.2 Å². The monoisotopic (exact) mass is 346 g/mol. The van der Waals surface area contributed by atoms with Gasteiger partial charge in [-0.25, -0.2) is 0 Å². The lowest BCUT2D eigenvalue weighted by Gasteiger charge is -2.17. The van der Waals surface area contributed by atoms with Crippen LogP contribution in [0, 0.1) is 17.8 Å². The maximum Gasteiger partial charge on any atom is 0.0972 e. The number of fused-ring (bicyclic) bond motifs is 2. The van der Waals surface area contributed by atoms with Crippen LogP contribution in [0.5, 0.6) is 0 Å². The van der Waals surface area contributed by atoms with Crippen molar-refractivity contribution in [3.8, 4) is 0 Å². The first kappa shape index (κ1) is 17.9. The molecule has 0 saturated heterocycles. The van der Waals surface area contributed by atoms with Crippen LogP contribution in [0.1, 0.15) is 77.0 Å². The zero-order valence-corrected chi connectivity index (χ0v) is 17.1. The molecular weight excluding hydrogens is 315 g/mol. The van der Waals surface area contributed by atoms with Crippen molar-refractivity contribution in [2.75, 3.05) is 0 Å². The first-order chi connectivity index (χ1) is 10.0. The third kappa shape index (κ3) is 7.10. The molecule has 0 aliphatic heterocycles. The molecular formula is C18H32Cl2Si. The van der Waals surface area contributed by atoms with E-state index in [4.69, 9.17) is 23.2 Å². The van der Waals surface area contributed by atoms with Gasteiger partial charge < -0.3 is 0 Å². The van der Waals surface area contributed by atoms with E-state index in [1.54, 1.807) is 0 Å². The summed E-state index contributed by atoms with van der Waals surface area (Å²) in [6.45, 7) is 0. The fraction of sp³-hybridized carbons (Fsp3) is 0.889.